The maximum Gasteiger partial charge on any atom is 0.263 e. The number of thiophene rings is 1. The molecule has 3 aromatic heterocycles. The lowest BCUT2D eigenvalue weighted by Crippen LogP contribution is -2.22. The molecule has 4 aromatic rings. The highest BCUT2D eigenvalue weighted by molar-refractivity contribution is 7.98. The number of carbonyl (C=O) groups excluding carboxylic acids is 1. The molecule has 0 bridgehead atoms. The molecule has 4 rings (SSSR count). The molecule has 0 aliphatic rings. The molecule has 0 aliphatic carbocycles. The van der Waals surface area contributed by atoms with Crippen molar-refractivity contribution in [2.75, 3.05) is 4.90 Å². The van der Waals surface area contributed by atoms with Crippen LogP contribution in [0.1, 0.15) is 42.5 Å². The molecule has 0 saturated heterocycles. The van der Waals surface area contributed by atoms with E-state index in [0.29, 0.717) is 22.6 Å². The van der Waals surface area contributed by atoms with Gasteiger partial charge in [0.2, 0.25) is 5.91 Å². The van der Waals surface area contributed by atoms with Gasteiger partial charge in [-0.25, -0.2) is 9.97 Å². The van der Waals surface area contributed by atoms with Gasteiger partial charge in [-0.05, 0) is 50.5 Å². The number of anilines is 2. The number of fused-ring (bicyclic) bond motifs is 1. The Labute approximate surface area is 205 Å². The van der Waals surface area contributed by atoms with Gasteiger partial charge in [-0.3, -0.25) is 19.1 Å². The first-order chi connectivity index (χ1) is 15.8. The van der Waals surface area contributed by atoms with Gasteiger partial charge >= 0.3 is 0 Å². The Hall–Kier alpha value is -2.49. The second kappa shape index (κ2) is 9.79. The van der Waals surface area contributed by atoms with Gasteiger partial charge in [0.25, 0.3) is 5.56 Å². The summed E-state index contributed by atoms with van der Waals surface area (Å²) in [4.78, 5) is 38.5. The number of nitrogens with zero attached hydrogens (tertiary/aromatic N) is 4. The number of carbonyl (C=O) groups is 1. The molecule has 9 heteroatoms. The molecule has 0 fully saturated rings. The summed E-state index contributed by atoms with van der Waals surface area (Å²) in [6, 6.07) is 7.99. The van der Waals surface area contributed by atoms with E-state index < -0.39 is 0 Å². The van der Waals surface area contributed by atoms with Gasteiger partial charge in [-0.2, -0.15) is 0 Å². The summed E-state index contributed by atoms with van der Waals surface area (Å²) in [5.74, 6) is 0.487. The second-order valence-corrected chi connectivity index (χ2v) is 10.7. The minimum Gasteiger partial charge on any atom is -0.287 e. The predicted octanol–water partition coefficient (Wildman–Crippen LogP) is 6.09. The van der Waals surface area contributed by atoms with Gasteiger partial charge in [0.05, 0.1) is 16.8 Å². The van der Waals surface area contributed by atoms with Crippen LogP contribution in [0.5, 0.6) is 0 Å². The standard InChI is InChI=1S/C24H26N4O2S3/c1-6-17-8-10-19(11-9-17)28(16(5)29)24-25-18(13-32-24)12-31-23-26-21-20(14(3)15(4)33-21)22(30)27(23)7-2/h8-11,13H,6-7,12H2,1-5H3. The lowest BCUT2D eigenvalue weighted by atomic mass is 10.1. The number of amides is 1. The Morgan fingerprint density at radius 1 is 1.15 bits per heavy atom. The predicted molar refractivity (Wildman–Crippen MR) is 139 cm³/mol. The molecule has 0 saturated carbocycles. The van der Waals surface area contributed by atoms with E-state index in [9.17, 15) is 9.59 Å². The van der Waals surface area contributed by atoms with Crippen molar-refractivity contribution in [2.24, 2.45) is 0 Å². The number of thiazole rings is 1. The zero-order chi connectivity index (χ0) is 23.7. The van der Waals surface area contributed by atoms with Crippen LogP contribution in [-0.4, -0.2) is 20.4 Å². The summed E-state index contributed by atoms with van der Waals surface area (Å²) in [6.07, 6.45) is 0.951. The number of rotatable bonds is 7. The first-order valence-electron chi connectivity index (χ1n) is 10.8. The monoisotopic (exact) mass is 498 g/mol. The normalized spacial score (nSPS) is 11.3. The number of thioether (sulfide) groups is 1. The molecule has 172 valence electrons. The van der Waals surface area contributed by atoms with Crippen LogP contribution in [0.25, 0.3) is 10.2 Å². The fourth-order valence-electron chi connectivity index (χ4n) is 3.61. The van der Waals surface area contributed by atoms with E-state index in [-0.39, 0.29) is 11.5 Å². The van der Waals surface area contributed by atoms with Crippen LogP contribution in [0, 0.1) is 13.8 Å². The van der Waals surface area contributed by atoms with Crippen molar-refractivity contribution in [2.45, 2.75) is 58.5 Å². The quantitative estimate of drug-likeness (QED) is 0.228. The van der Waals surface area contributed by atoms with Gasteiger partial charge in [-0.1, -0.05) is 30.8 Å². The average Bonchev–Trinajstić information content (AvgIpc) is 3.37. The summed E-state index contributed by atoms with van der Waals surface area (Å²) >= 11 is 4.51. The van der Waals surface area contributed by atoms with Gasteiger partial charge in [0.1, 0.15) is 4.83 Å². The molecule has 0 aliphatic heterocycles. The third kappa shape index (κ3) is 4.62. The van der Waals surface area contributed by atoms with Crippen molar-refractivity contribution in [3.8, 4) is 0 Å². The lowest BCUT2D eigenvalue weighted by molar-refractivity contribution is -0.115. The minimum atomic E-state index is -0.0804. The van der Waals surface area contributed by atoms with Crippen LogP contribution in [0.2, 0.25) is 0 Å². The molecule has 6 nitrogen and oxygen atoms in total. The highest BCUT2D eigenvalue weighted by Gasteiger charge is 2.19. The fourth-order valence-corrected chi connectivity index (χ4v) is 6.63. The molecule has 0 radical (unpaired) electrons. The van der Waals surface area contributed by atoms with E-state index in [1.807, 2.05) is 50.4 Å². The van der Waals surface area contributed by atoms with Crippen molar-refractivity contribution in [1.82, 2.24) is 14.5 Å². The summed E-state index contributed by atoms with van der Waals surface area (Å²) < 4.78 is 1.73. The number of hydrogen-bond donors (Lipinski definition) is 0. The molecular formula is C24H26N4O2S3. The summed E-state index contributed by atoms with van der Waals surface area (Å²) in [6.45, 7) is 10.2. The van der Waals surface area contributed by atoms with E-state index in [4.69, 9.17) is 9.97 Å². The number of aryl methyl sites for hydroxylation is 3. The van der Waals surface area contributed by atoms with Gasteiger partial charge in [0, 0.05) is 29.5 Å². The van der Waals surface area contributed by atoms with Crippen LogP contribution >= 0.6 is 34.4 Å². The molecule has 0 N–H and O–H groups in total. The van der Waals surface area contributed by atoms with Crippen molar-refractivity contribution < 1.29 is 4.79 Å². The maximum atomic E-state index is 13.1. The molecule has 1 aromatic carbocycles. The second-order valence-electron chi connectivity index (χ2n) is 7.69. The van der Waals surface area contributed by atoms with Gasteiger partial charge in [-0.15, -0.1) is 22.7 Å². The van der Waals surface area contributed by atoms with Crippen LogP contribution in [0.4, 0.5) is 10.8 Å². The fraction of sp³-hybridized carbons (Fsp3) is 0.333. The highest BCUT2D eigenvalue weighted by Crippen LogP contribution is 2.32. The van der Waals surface area contributed by atoms with Gasteiger partial charge in [0.15, 0.2) is 10.3 Å². The van der Waals surface area contributed by atoms with E-state index in [1.54, 1.807) is 27.7 Å². The SMILES string of the molecule is CCc1ccc(N(C(C)=O)c2nc(CSc3nc4sc(C)c(C)c4c(=O)n3CC)cs2)cc1. The Morgan fingerprint density at radius 2 is 1.88 bits per heavy atom. The zero-order valence-electron chi connectivity index (χ0n) is 19.3. The third-order valence-corrected chi connectivity index (χ3v) is 8.55. The molecule has 3 heterocycles. The molecule has 0 atom stereocenters. The number of aromatic nitrogens is 3. The maximum absolute atomic E-state index is 13.1. The van der Waals surface area contributed by atoms with Crippen LogP contribution in [0.15, 0.2) is 39.6 Å². The smallest absolute Gasteiger partial charge is 0.263 e. The topological polar surface area (TPSA) is 68.1 Å². The summed E-state index contributed by atoms with van der Waals surface area (Å²) in [5.41, 5.74) is 3.92. The van der Waals surface area contributed by atoms with E-state index in [2.05, 4.69) is 6.92 Å². The first kappa shape index (κ1) is 23.7. The van der Waals surface area contributed by atoms with E-state index in [0.717, 1.165) is 38.5 Å². The summed E-state index contributed by atoms with van der Waals surface area (Å²) in [7, 11) is 0. The Balaban J connectivity index is 1.59. The van der Waals surface area contributed by atoms with Crippen molar-refractivity contribution in [1.29, 1.82) is 0 Å². The number of hydrogen-bond acceptors (Lipinski definition) is 7. The highest BCUT2D eigenvalue weighted by atomic mass is 32.2. The Morgan fingerprint density at radius 3 is 2.52 bits per heavy atom. The minimum absolute atomic E-state index is 0.0177. The van der Waals surface area contributed by atoms with Crippen LogP contribution < -0.4 is 10.5 Å². The zero-order valence-corrected chi connectivity index (χ0v) is 21.8. The van der Waals surface area contributed by atoms with E-state index >= 15 is 0 Å². The molecule has 0 unspecified atom stereocenters. The van der Waals surface area contributed by atoms with Crippen LogP contribution in [0.3, 0.4) is 0 Å². The van der Waals surface area contributed by atoms with E-state index in [1.165, 1.54) is 28.7 Å². The van der Waals surface area contributed by atoms with Crippen molar-refractivity contribution in [3.05, 3.63) is 61.7 Å². The number of benzene rings is 1. The average molecular weight is 499 g/mol. The van der Waals surface area contributed by atoms with Gasteiger partial charge < -0.3 is 0 Å². The third-order valence-electron chi connectivity index (χ3n) is 5.57. The summed E-state index contributed by atoms with van der Waals surface area (Å²) in [5, 5.41) is 4.03. The molecule has 33 heavy (non-hydrogen) atoms. The molecule has 1 amide bonds. The lowest BCUT2D eigenvalue weighted by Gasteiger charge is -2.18. The van der Waals surface area contributed by atoms with Crippen LogP contribution in [-0.2, 0) is 23.5 Å². The molecule has 0 spiro atoms. The largest absolute Gasteiger partial charge is 0.287 e. The Bertz CT molecular complexity index is 1370. The molecular weight excluding hydrogens is 472 g/mol. The van der Waals surface area contributed by atoms with Crippen molar-refractivity contribution in [3.63, 3.8) is 0 Å². The Kier molecular flexibility index (Phi) is 7.02. The van der Waals surface area contributed by atoms with Crippen molar-refractivity contribution >= 4 is 61.4 Å². The first-order valence-corrected chi connectivity index (χ1v) is 13.5.